The lowest BCUT2D eigenvalue weighted by Crippen LogP contribution is -2.17. The Morgan fingerprint density at radius 1 is 0.674 bits per heavy atom. The molecule has 0 aromatic carbocycles. The Hall–Kier alpha value is -3.08. The van der Waals surface area contributed by atoms with E-state index in [9.17, 15) is 18.9 Å². The lowest BCUT2D eigenvalue weighted by atomic mass is 10.1. The molecule has 0 radical (unpaired) electrons. The van der Waals surface area contributed by atoms with Crippen molar-refractivity contribution in [2.45, 2.75) is 77.7 Å². The normalized spacial score (nSPS) is 16.0. The first-order valence-electron chi connectivity index (χ1n) is 14.9. The highest BCUT2D eigenvalue weighted by Gasteiger charge is 2.23. The third kappa shape index (κ3) is 10.7. The fourth-order valence-electron chi connectivity index (χ4n) is 4.57. The van der Waals surface area contributed by atoms with E-state index in [0.717, 1.165) is 25.7 Å². The molecule has 2 unspecified atom stereocenters. The molecule has 0 amide bonds. The van der Waals surface area contributed by atoms with Crippen molar-refractivity contribution in [2.75, 3.05) is 37.4 Å². The Kier molecular flexibility index (Phi) is 13.0. The van der Waals surface area contributed by atoms with Crippen LogP contribution in [-0.4, -0.2) is 86.9 Å². The minimum Gasteiger partial charge on any atom is -0.382 e. The summed E-state index contributed by atoms with van der Waals surface area (Å²) in [5.41, 5.74) is 13.7. The maximum atomic E-state index is 12.4. The lowest BCUT2D eigenvalue weighted by Gasteiger charge is -2.17. The second kappa shape index (κ2) is 16.7. The second-order valence-electron chi connectivity index (χ2n) is 10.9. The number of imidazole rings is 2. The van der Waals surface area contributed by atoms with Crippen molar-refractivity contribution in [3.8, 4) is 0 Å². The standard InChI is InChI=1S/C26H42N10O8P2/c1-19(11-35-15-33-21-23(27)29-13-31-25(21)35)41-17-45(37,38)43-9-7-5-3-4-6-8-10-44-46(39,40)18-42-20(2)12-36-16-34-22-24(28)30-14-32-26(22)36/h13-16,19-20H,3-12,17-18H2,1-2H3,(H,37,38)(H,39,40)(H2,27,29,31)(H2,28,30,32)/t19-,20-/m1/s1. The van der Waals surface area contributed by atoms with Crippen molar-refractivity contribution in [3.63, 3.8) is 0 Å². The first kappa shape index (κ1) is 35.8. The van der Waals surface area contributed by atoms with Gasteiger partial charge in [-0.15, -0.1) is 0 Å². The average molecular weight is 685 g/mol. The largest absolute Gasteiger partial charge is 0.382 e. The van der Waals surface area contributed by atoms with Gasteiger partial charge in [-0.05, 0) is 26.7 Å². The molecule has 6 N–H and O–H groups in total. The maximum absolute atomic E-state index is 12.4. The van der Waals surface area contributed by atoms with Gasteiger partial charge in [0.2, 0.25) is 0 Å². The van der Waals surface area contributed by atoms with Gasteiger partial charge in [0.05, 0.1) is 51.2 Å². The van der Waals surface area contributed by atoms with Crippen LogP contribution in [0.3, 0.4) is 0 Å². The number of nitrogen functional groups attached to an aromatic ring is 2. The predicted octanol–water partition coefficient (Wildman–Crippen LogP) is 3.30. The van der Waals surface area contributed by atoms with Crippen LogP contribution in [0.25, 0.3) is 22.3 Å². The summed E-state index contributed by atoms with van der Waals surface area (Å²) in [6.45, 7) is 4.55. The number of fused-ring (bicyclic) bond motifs is 2. The first-order chi connectivity index (χ1) is 21.9. The number of hydrogen-bond acceptors (Lipinski definition) is 14. The number of rotatable bonds is 21. The van der Waals surface area contributed by atoms with Gasteiger partial charge in [-0.3, -0.25) is 9.13 Å². The van der Waals surface area contributed by atoms with Gasteiger partial charge in [0.25, 0.3) is 0 Å². The molecule has 254 valence electrons. The summed E-state index contributed by atoms with van der Waals surface area (Å²) in [5, 5.41) is 0. The molecule has 18 nitrogen and oxygen atoms in total. The molecule has 0 bridgehead atoms. The molecule has 4 heterocycles. The van der Waals surface area contributed by atoms with Crippen LogP contribution in [0.4, 0.5) is 11.6 Å². The zero-order chi connectivity index (χ0) is 33.2. The molecule has 4 aromatic rings. The lowest BCUT2D eigenvalue weighted by molar-refractivity contribution is 0.0714. The quantitative estimate of drug-likeness (QED) is 0.0725. The topological polar surface area (TPSA) is 251 Å². The Labute approximate surface area is 265 Å². The molecule has 0 aliphatic heterocycles. The van der Waals surface area contributed by atoms with Gasteiger partial charge in [0.1, 0.15) is 36.4 Å². The first-order valence-corrected chi connectivity index (χ1v) is 18.4. The van der Waals surface area contributed by atoms with Gasteiger partial charge in [0.15, 0.2) is 22.9 Å². The zero-order valence-corrected chi connectivity index (χ0v) is 27.7. The fourth-order valence-corrected chi connectivity index (χ4v) is 6.43. The van der Waals surface area contributed by atoms with Crippen LogP contribution < -0.4 is 11.5 Å². The number of unbranched alkanes of at least 4 members (excludes halogenated alkanes) is 5. The molecule has 0 spiro atoms. The molecule has 0 aliphatic carbocycles. The molecule has 0 saturated carbocycles. The van der Waals surface area contributed by atoms with Gasteiger partial charge in [-0.25, -0.2) is 29.9 Å². The van der Waals surface area contributed by atoms with Crippen LogP contribution in [-0.2, 0) is 40.7 Å². The van der Waals surface area contributed by atoms with E-state index in [0.29, 0.717) is 48.3 Å². The zero-order valence-electron chi connectivity index (χ0n) is 25.9. The summed E-state index contributed by atoms with van der Waals surface area (Å²) >= 11 is 0. The van der Waals surface area contributed by atoms with Gasteiger partial charge in [-0.1, -0.05) is 25.7 Å². The van der Waals surface area contributed by atoms with E-state index in [-0.39, 0.29) is 24.8 Å². The molecule has 0 aliphatic rings. The Morgan fingerprint density at radius 2 is 1.07 bits per heavy atom. The van der Waals surface area contributed by atoms with Crippen LogP contribution in [0.2, 0.25) is 0 Å². The van der Waals surface area contributed by atoms with Crippen LogP contribution >= 0.6 is 15.2 Å². The SMILES string of the molecule is C[C@H](Cn1cnc2c(N)ncnc21)OCP(=O)(O)OCCCCCCCCOP(=O)(O)CO[C@H](C)Cn1cnc2c(N)ncnc21. The van der Waals surface area contributed by atoms with Crippen molar-refractivity contribution in [2.24, 2.45) is 0 Å². The van der Waals surface area contributed by atoms with Crippen molar-refractivity contribution in [1.82, 2.24) is 39.0 Å². The second-order valence-corrected chi connectivity index (χ2v) is 14.5. The maximum Gasteiger partial charge on any atom is 0.353 e. The number of hydrogen-bond donors (Lipinski definition) is 4. The molecule has 4 rings (SSSR count). The highest BCUT2D eigenvalue weighted by molar-refractivity contribution is 7.52. The van der Waals surface area contributed by atoms with Crippen molar-refractivity contribution in [3.05, 3.63) is 25.3 Å². The van der Waals surface area contributed by atoms with Crippen molar-refractivity contribution in [1.29, 1.82) is 0 Å². The summed E-state index contributed by atoms with van der Waals surface area (Å²) in [6.07, 6.45) is 8.82. The Morgan fingerprint density at radius 3 is 1.48 bits per heavy atom. The van der Waals surface area contributed by atoms with E-state index >= 15 is 0 Å². The van der Waals surface area contributed by atoms with Crippen LogP contribution in [0, 0.1) is 0 Å². The molecular formula is C26H42N10O8P2. The third-order valence-electron chi connectivity index (χ3n) is 6.94. The fraction of sp³-hybridized carbons (Fsp3) is 0.615. The minimum atomic E-state index is -3.90. The van der Waals surface area contributed by atoms with Crippen LogP contribution in [0.5, 0.6) is 0 Å². The van der Waals surface area contributed by atoms with E-state index in [1.807, 2.05) is 0 Å². The van der Waals surface area contributed by atoms with E-state index in [4.69, 9.17) is 30.0 Å². The van der Waals surface area contributed by atoms with Gasteiger partial charge in [0, 0.05) is 0 Å². The van der Waals surface area contributed by atoms with E-state index in [1.54, 1.807) is 35.6 Å². The number of nitrogens with zero attached hydrogens (tertiary/aromatic N) is 8. The summed E-state index contributed by atoms with van der Waals surface area (Å²) in [7, 11) is -7.80. The third-order valence-corrected chi connectivity index (χ3v) is 9.06. The molecule has 0 fully saturated rings. The number of aromatic nitrogens is 8. The number of nitrogens with two attached hydrogens (primary N) is 2. The monoisotopic (exact) mass is 684 g/mol. The van der Waals surface area contributed by atoms with E-state index in [1.165, 1.54) is 12.7 Å². The van der Waals surface area contributed by atoms with Crippen molar-refractivity contribution < 1.29 is 37.4 Å². The smallest absolute Gasteiger partial charge is 0.353 e. The molecule has 0 saturated heterocycles. The average Bonchev–Trinajstić information content (AvgIpc) is 3.62. The summed E-state index contributed by atoms with van der Waals surface area (Å²) in [4.78, 5) is 44.8. The number of anilines is 2. The number of ether oxygens (including phenoxy) is 2. The Balaban J connectivity index is 0.999. The minimum absolute atomic E-state index is 0.141. The highest BCUT2D eigenvalue weighted by Crippen LogP contribution is 2.43. The van der Waals surface area contributed by atoms with Crippen molar-refractivity contribution >= 4 is 49.2 Å². The van der Waals surface area contributed by atoms with E-state index < -0.39 is 40.1 Å². The highest BCUT2D eigenvalue weighted by atomic mass is 31.2. The van der Waals surface area contributed by atoms with Crippen LogP contribution in [0.15, 0.2) is 25.3 Å². The Bertz CT molecular complexity index is 1530. The summed E-state index contributed by atoms with van der Waals surface area (Å²) in [5.74, 6) is 0.558. The molecule has 4 atom stereocenters. The van der Waals surface area contributed by atoms with Gasteiger partial charge < -0.3 is 48.9 Å². The predicted molar refractivity (Wildman–Crippen MR) is 170 cm³/mol. The molecule has 46 heavy (non-hydrogen) atoms. The molecule has 4 aromatic heterocycles. The van der Waals surface area contributed by atoms with Gasteiger partial charge in [-0.2, -0.15) is 0 Å². The summed E-state index contributed by atoms with van der Waals surface area (Å²) in [6, 6.07) is 0. The summed E-state index contributed by atoms with van der Waals surface area (Å²) < 4.78 is 49.7. The van der Waals surface area contributed by atoms with Crippen LogP contribution in [0.1, 0.15) is 52.4 Å². The molecule has 20 heteroatoms. The van der Waals surface area contributed by atoms with Gasteiger partial charge >= 0.3 is 15.2 Å². The molecular weight excluding hydrogens is 642 g/mol. The van der Waals surface area contributed by atoms with E-state index in [2.05, 4.69) is 29.9 Å².